The standard InChI is InChI=1S/C14H17N3O2/c1-17(13-3-2-12(9-15)10-16-13)14(18)8-11-4-6-19-7-5-11/h2-3,10-11H,4-8H2,1H3. The molecular weight excluding hydrogens is 242 g/mol. The van der Waals surface area contributed by atoms with Gasteiger partial charge in [-0.25, -0.2) is 4.98 Å². The predicted molar refractivity (Wildman–Crippen MR) is 70.5 cm³/mol. The van der Waals surface area contributed by atoms with E-state index in [-0.39, 0.29) is 5.91 Å². The first kappa shape index (κ1) is 13.5. The van der Waals surface area contributed by atoms with Gasteiger partial charge in [-0.05, 0) is 30.9 Å². The van der Waals surface area contributed by atoms with E-state index in [4.69, 9.17) is 10.00 Å². The van der Waals surface area contributed by atoms with Crippen molar-refractivity contribution in [2.45, 2.75) is 19.3 Å². The largest absolute Gasteiger partial charge is 0.381 e. The van der Waals surface area contributed by atoms with Crippen LogP contribution >= 0.6 is 0 Å². The van der Waals surface area contributed by atoms with Crippen molar-refractivity contribution >= 4 is 11.7 Å². The second-order valence-corrected chi connectivity index (χ2v) is 4.73. The number of carbonyl (C=O) groups excluding carboxylic acids is 1. The molecule has 1 aromatic rings. The molecule has 19 heavy (non-hydrogen) atoms. The SMILES string of the molecule is CN(C(=O)CC1CCOCC1)c1ccc(C#N)cn1. The Bertz CT molecular complexity index is 472. The highest BCUT2D eigenvalue weighted by molar-refractivity contribution is 5.91. The minimum Gasteiger partial charge on any atom is -0.381 e. The molecule has 1 saturated heterocycles. The second kappa shape index (κ2) is 6.30. The molecule has 5 nitrogen and oxygen atoms in total. The molecule has 1 fully saturated rings. The van der Waals surface area contributed by atoms with Gasteiger partial charge < -0.3 is 4.74 Å². The van der Waals surface area contributed by atoms with E-state index in [0.29, 0.717) is 23.7 Å². The Labute approximate surface area is 112 Å². The lowest BCUT2D eigenvalue weighted by Gasteiger charge is -2.24. The number of nitriles is 1. The normalized spacial score (nSPS) is 15.8. The van der Waals surface area contributed by atoms with E-state index >= 15 is 0 Å². The number of nitrogens with zero attached hydrogens (tertiary/aromatic N) is 3. The first-order valence-electron chi connectivity index (χ1n) is 6.41. The summed E-state index contributed by atoms with van der Waals surface area (Å²) in [6, 6.07) is 5.37. The average Bonchev–Trinajstić information content (AvgIpc) is 2.47. The van der Waals surface area contributed by atoms with E-state index in [1.165, 1.54) is 6.20 Å². The van der Waals surface area contributed by atoms with Crippen molar-refractivity contribution < 1.29 is 9.53 Å². The van der Waals surface area contributed by atoms with E-state index in [9.17, 15) is 4.79 Å². The first-order chi connectivity index (χ1) is 9.20. The van der Waals surface area contributed by atoms with Crippen molar-refractivity contribution in [2.24, 2.45) is 5.92 Å². The van der Waals surface area contributed by atoms with Crippen molar-refractivity contribution in [3.63, 3.8) is 0 Å². The molecule has 0 atom stereocenters. The molecule has 0 aromatic carbocycles. The van der Waals surface area contributed by atoms with Crippen LogP contribution in [0, 0.1) is 17.2 Å². The fraction of sp³-hybridized carbons (Fsp3) is 0.500. The number of aromatic nitrogens is 1. The molecule has 0 bridgehead atoms. The third-order valence-electron chi connectivity index (χ3n) is 3.40. The lowest BCUT2D eigenvalue weighted by molar-refractivity contribution is -0.119. The maximum Gasteiger partial charge on any atom is 0.228 e. The zero-order valence-electron chi connectivity index (χ0n) is 11.0. The minimum atomic E-state index is 0.0594. The number of amides is 1. The molecule has 5 heteroatoms. The molecule has 1 amide bonds. The number of pyridine rings is 1. The Hall–Kier alpha value is -1.93. The van der Waals surface area contributed by atoms with Crippen LogP contribution in [0.5, 0.6) is 0 Å². The van der Waals surface area contributed by atoms with E-state index in [2.05, 4.69) is 4.98 Å². The Kier molecular flexibility index (Phi) is 4.48. The summed E-state index contributed by atoms with van der Waals surface area (Å²) in [7, 11) is 1.72. The smallest absolute Gasteiger partial charge is 0.228 e. The fourth-order valence-electron chi connectivity index (χ4n) is 2.11. The highest BCUT2D eigenvalue weighted by Crippen LogP contribution is 2.20. The minimum absolute atomic E-state index is 0.0594. The van der Waals surface area contributed by atoms with Gasteiger partial charge >= 0.3 is 0 Å². The van der Waals surface area contributed by atoms with Gasteiger partial charge in [-0.3, -0.25) is 9.69 Å². The first-order valence-corrected chi connectivity index (χ1v) is 6.41. The summed E-state index contributed by atoms with van der Waals surface area (Å²) in [5.41, 5.74) is 0.494. The fourth-order valence-corrected chi connectivity index (χ4v) is 2.11. The number of rotatable bonds is 3. The Morgan fingerprint density at radius 2 is 2.26 bits per heavy atom. The summed E-state index contributed by atoms with van der Waals surface area (Å²) in [5, 5.41) is 8.71. The predicted octanol–water partition coefficient (Wildman–Crippen LogP) is 1.73. The molecule has 2 rings (SSSR count). The molecule has 1 aliphatic heterocycles. The van der Waals surface area contributed by atoms with Gasteiger partial charge in [0.25, 0.3) is 0 Å². The quantitative estimate of drug-likeness (QED) is 0.829. The van der Waals surface area contributed by atoms with Crippen molar-refractivity contribution in [1.29, 1.82) is 5.26 Å². The molecule has 1 aromatic heterocycles. The van der Waals surface area contributed by atoms with Crippen molar-refractivity contribution in [3.8, 4) is 6.07 Å². The van der Waals surface area contributed by atoms with Crippen LogP contribution in [0.1, 0.15) is 24.8 Å². The lowest BCUT2D eigenvalue weighted by Crippen LogP contribution is -2.30. The van der Waals surface area contributed by atoms with E-state index in [0.717, 1.165) is 26.1 Å². The summed E-state index contributed by atoms with van der Waals surface area (Å²) >= 11 is 0. The number of anilines is 1. The number of carbonyl (C=O) groups is 1. The molecule has 0 radical (unpaired) electrons. The summed E-state index contributed by atoms with van der Waals surface area (Å²) in [5.74, 6) is 1.04. The van der Waals surface area contributed by atoms with Gasteiger partial charge in [0.15, 0.2) is 0 Å². The average molecular weight is 259 g/mol. The van der Waals surface area contributed by atoms with Gasteiger partial charge in [0.05, 0.1) is 5.56 Å². The lowest BCUT2D eigenvalue weighted by atomic mass is 9.96. The second-order valence-electron chi connectivity index (χ2n) is 4.73. The summed E-state index contributed by atoms with van der Waals surface area (Å²) in [6.07, 6.45) is 3.90. The molecule has 0 saturated carbocycles. The van der Waals surface area contributed by atoms with Gasteiger partial charge in [0.2, 0.25) is 5.91 Å². The Balaban J connectivity index is 1.95. The molecule has 100 valence electrons. The maximum atomic E-state index is 12.1. The molecule has 0 N–H and O–H groups in total. The topological polar surface area (TPSA) is 66.2 Å². The van der Waals surface area contributed by atoms with Crippen LogP contribution in [0.4, 0.5) is 5.82 Å². The zero-order chi connectivity index (χ0) is 13.7. The van der Waals surface area contributed by atoms with Gasteiger partial charge in [0, 0.05) is 32.9 Å². The molecule has 1 aliphatic rings. The highest BCUT2D eigenvalue weighted by Gasteiger charge is 2.20. The summed E-state index contributed by atoms with van der Waals surface area (Å²) < 4.78 is 5.28. The highest BCUT2D eigenvalue weighted by atomic mass is 16.5. The van der Waals surface area contributed by atoms with Crippen LogP contribution < -0.4 is 4.90 Å². The van der Waals surface area contributed by atoms with Crippen LogP contribution in [0.2, 0.25) is 0 Å². The third-order valence-corrected chi connectivity index (χ3v) is 3.40. The van der Waals surface area contributed by atoms with Crippen LogP contribution in [0.25, 0.3) is 0 Å². The van der Waals surface area contributed by atoms with Crippen molar-refractivity contribution in [3.05, 3.63) is 23.9 Å². The number of ether oxygens (including phenoxy) is 1. The monoisotopic (exact) mass is 259 g/mol. The molecular formula is C14H17N3O2. The Morgan fingerprint density at radius 1 is 1.53 bits per heavy atom. The van der Waals surface area contributed by atoms with E-state index < -0.39 is 0 Å². The summed E-state index contributed by atoms with van der Waals surface area (Å²) in [4.78, 5) is 17.8. The summed E-state index contributed by atoms with van der Waals surface area (Å²) in [6.45, 7) is 1.49. The number of hydrogen-bond donors (Lipinski definition) is 0. The van der Waals surface area contributed by atoms with Crippen LogP contribution in [-0.4, -0.2) is 31.2 Å². The van der Waals surface area contributed by atoms with Crippen LogP contribution in [0.3, 0.4) is 0 Å². The molecule has 2 heterocycles. The van der Waals surface area contributed by atoms with Gasteiger partial charge in [0.1, 0.15) is 11.9 Å². The van der Waals surface area contributed by atoms with Gasteiger partial charge in [-0.15, -0.1) is 0 Å². The van der Waals surface area contributed by atoms with Crippen molar-refractivity contribution in [2.75, 3.05) is 25.2 Å². The molecule has 0 aliphatic carbocycles. The van der Waals surface area contributed by atoms with Crippen LogP contribution in [0.15, 0.2) is 18.3 Å². The molecule has 0 spiro atoms. The number of hydrogen-bond acceptors (Lipinski definition) is 4. The molecule has 0 unspecified atom stereocenters. The van der Waals surface area contributed by atoms with E-state index in [1.807, 2.05) is 6.07 Å². The van der Waals surface area contributed by atoms with Crippen LogP contribution in [-0.2, 0) is 9.53 Å². The van der Waals surface area contributed by atoms with Crippen molar-refractivity contribution in [1.82, 2.24) is 4.98 Å². The third kappa shape index (κ3) is 3.52. The maximum absolute atomic E-state index is 12.1. The zero-order valence-corrected chi connectivity index (χ0v) is 11.0. The van der Waals surface area contributed by atoms with Gasteiger partial charge in [-0.2, -0.15) is 5.26 Å². The van der Waals surface area contributed by atoms with Gasteiger partial charge in [-0.1, -0.05) is 0 Å². The Morgan fingerprint density at radius 3 is 2.84 bits per heavy atom. The van der Waals surface area contributed by atoms with E-state index in [1.54, 1.807) is 24.1 Å².